The third-order valence-electron chi connectivity index (χ3n) is 2.03. The molecule has 14 heavy (non-hydrogen) atoms. The largest absolute Gasteiger partial charge is 0.444 e. The lowest BCUT2D eigenvalue weighted by atomic mass is 10.00. The Hall–Kier alpha value is -0.770. The van der Waals surface area contributed by atoms with Crippen molar-refractivity contribution in [3.8, 4) is 0 Å². The van der Waals surface area contributed by atoms with Crippen LogP contribution in [0.25, 0.3) is 0 Å². The van der Waals surface area contributed by atoms with E-state index < -0.39 is 11.7 Å². The molecule has 0 heterocycles. The Bertz CT molecular complexity index is 193. The zero-order valence-corrected chi connectivity index (χ0v) is 9.81. The standard InChI is InChI=1S/C10H22N2O2/c1-6-10(5,7-11)12-8(13)14-9(2,3)4/h6-7,11H2,1-5H3,(H,12,13). The predicted octanol–water partition coefficient (Wildman–Crippen LogP) is 1.64. The Labute approximate surface area is 86.2 Å². The molecular formula is C10H22N2O2. The Morgan fingerprint density at radius 2 is 1.86 bits per heavy atom. The average molecular weight is 202 g/mol. The summed E-state index contributed by atoms with van der Waals surface area (Å²) < 4.78 is 5.13. The van der Waals surface area contributed by atoms with E-state index in [-0.39, 0.29) is 5.54 Å². The van der Waals surface area contributed by atoms with E-state index in [2.05, 4.69) is 5.32 Å². The molecule has 3 N–H and O–H groups in total. The fourth-order valence-electron chi connectivity index (χ4n) is 0.834. The van der Waals surface area contributed by atoms with Crippen LogP contribution in [0.15, 0.2) is 0 Å². The van der Waals surface area contributed by atoms with E-state index in [9.17, 15) is 4.79 Å². The zero-order chi connectivity index (χ0) is 11.4. The fourth-order valence-corrected chi connectivity index (χ4v) is 0.834. The summed E-state index contributed by atoms with van der Waals surface area (Å²) >= 11 is 0. The van der Waals surface area contributed by atoms with Crippen molar-refractivity contribution in [2.45, 2.75) is 52.2 Å². The Balaban J connectivity index is 4.18. The Morgan fingerprint density at radius 3 is 2.14 bits per heavy atom. The fraction of sp³-hybridized carbons (Fsp3) is 0.900. The highest BCUT2D eigenvalue weighted by atomic mass is 16.6. The normalized spacial score (nSPS) is 15.9. The molecule has 0 aromatic carbocycles. The number of carbonyl (C=O) groups excluding carboxylic acids is 1. The summed E-state index contributed by atoms with van der Waals surface area (Å²) in [6.07, 6.45) is 0.371. The minimum absolute atomic E-state index is 0.373. The van der Waals surface area contributed by atoms with Crippen molar-refractivity contribution >= 4 is 6.09 Å². The molecule has 0 radical (unpaired) electrons. The van der Waals surface area contributed by atoms with E-state index in [1.54, 1.807) is 0 Å². The van der Waals surface area contributed by atoms with Crippen molar-refractivity contribution in [3.05, 3.63) is 0 Å². The van der Waals surface area contributed by atoms with E-state index in [4.69, 9.17) is 10.5 Å². The lowest BCUT2D eigenvalue weighted by Gasteiger charge is -2.29. The highest BCUT2D eigenvalue weighted by molar-refractivity contribution is 5.68. The molecule has 4 nitrogen and oxygen atoms in total. The van der Waals surface area contributed by atoms with E-state index in [0.717, 1.165) is 6.42 Å². The van der Waals surface area contributed by atoms with Gasteiger partial charge in [0.2, 0.25) is 0 Å². The molecule has 0 aliphatic heterocycles. The molecule has 0 aliphatic rings. The van der Waals surface area contributed by atoms with Crippen molar-refractivity contribution in [2.75, 3.05) is 6.54 Å². The summed E-state index contributed by atoms with van der Waals surface area (Å²) in [6.45, 7) is 9.78. The summed E-state index contributed by atoms with van der Waals surface area (Å²) in [7, 11) is 0. The Kier molecular flexibility index (Phi) is 4.39. The molecule has 0 aromatic rings. The van der Waals surface area contributed by atoms with Crippen molar-refractivity contribution in [3.63, 3.8) is 0 Å². The van der Waals surface area contributed by atoms with Gasteiger partial charge in [0, 0.05) is 6.54 Å². The molecule has 4 heteroatoms. The van der Waals surface area contributed by atoms with Crippen molar-refractivity contribution in [1.82, 2.24) is 5.32 Å². The van der Waals surface area contributed by atoms with Gasteiger partial charge in [-0.1, -0.05) is 6.92 Å². The first-order chi connectivity index (χ1) is 6.22. The van der Waals surface area contributed by atoms with E-state index >= 15 is 0 Å². The maximum atomic E-state index is 11.4. The lowest BCUT2D eigenvalue weighted by molar-refractivity contribution is 0.0465. The molecular weight excluding hydrogens is 180 g/mol. The van der Waals surface area contributed by atoms with Gasteiger partial charge in [0.05, 0.1) is 5.54 Å². The van der Waals surface area contributed by atoms with E-state index in [1.807, 2.05) is 34.6 Å². The second-order valence-corrected chi connectivity index (χ2v) is 4.75. The van der Waals surface area contributed by atoms with Crippen molar-refractivity contribution in [1.29, 1.82) is 0 Å². The van der Waals surface area contributed by atoms with Gasteiger partial charge in [0.15, 0.2) is 0 Å². The number of hydrogen-bond donors (Lipinski definition) is 2. The number of carbonyl (C=O) groups is 1. The molecule has 0 fully saturated rings. The van der Waals surface area contributed by atoms with Gasteiger partial charge in [0.1, 0.15) is 5.60 Å². The summed E-state index contributed by atoms with van der Waals surface area (Å²) in [5, 5.41) is 2.76. The van der Waals surface area contributed by atoms with Crippen molar-refractivity contribution < 1.29 is 9.53 Å². The molecule has 1 amide bonds. The van der Waals surface area contributed by atoms with Gasteiger partial charge in [-0.05, 0) is 34.1 Å². The third-order valence-corrected chi connectivity index (χ3v) is 2.03. The van der Waals surface area contributed by atoms with Gasteiger partial charge in [-0.2, -0.15) is 0 Å². The number of nitrogens with two attached hydrogens (primary N) is 1. The molecule has 0 bridgehead atoms. The van der Waals surface area contributed by atoms with Gasteiger partial charge < -0.3 is 15.8 Å². The molecule has 1 atom stereocenters. The van der Waals surface area contributed by atoms with Gasteiger partial charge >= 0.3 is 6.09 Å². The first kappa shape index (κ1) is 13.2. The first-order valence-electron chi connectivity index (χ1n) is 4.93. The summed E-state index contributed by atoms with van der Waals surface area (Å²) in [6, 6.07) is 0. The number of amides is 1. The Morgan fingerprint density at radius 1 is 1.36 bits per heavy atom. The van der Waals surface area contributed by atoms with Crippen LogP contribution in [0.4, 0.5) is 4.79 Å². The highest BCUT2D eigenvalue weighted by Gasteiger charge is 2.25. The summed E-state index contributed by atoms with van der Waals surface area (Å²) in [5.74, 6) is 0. The monoisotopic (exact) mass is 202 g/mol. The van der Waals surface area contributed by atoms with Crippen LogP contribution in [-0.4, -0.2) is 23.8 Å². The van der Waals surface area contributed by atoms with Gasteiger partial charge in [-0.3, -0.25) is 0 Å². The number of ether oxygens (including phenoxy) is 1. The van der Waals surface area contributed by atoms with Crippen LogP contribution in [0, 0.1) is 0 Å². The first-order valence-corrected chi connectivity index (χ1v) is 4.93. The predicted molar refractivity (Wildman–Crippen MR) is 57.1 cm³/mol. The maximum absolute atomic E-state index is 11.4. The van der Waals surface area contributed by atoms with E-state index in [1.165, 1.54) is 0 Å². The molecule has 0 spiro atoms. The number of rotatable bonds is 3. The summed E-state index contributed by atoms with van der Waals surface area (Å²) in [4.78, 5) is 11.4. The molecule has 0 rings (SSSR count). The van der Waals surface area contributed by atoms with Crippen LogP contribution in [0.3, 0.4) is 0 Å². The SMILES string of the molecule is CCC(C)(CN)NC(=O)OC(C)(C)C. The van der Waals surface area contributed by atoms with Crippen LogP contribution in [0.5, 0.6) is 0 Å². The van der Waals surface area contributed by atoms with Crippen LogP contribution in [-0.2, 0) is 4.74 Å². The highest BCUT2D eigenvalue weighted by Crippen LogP contribution is 2.11. The lowest BCUT2D eigenvalue weighted by Crippen LogP contribution is -2.52. The molecule has 0 saturated carbocycles. The van der Waals surface area contributed by atoms with Crippen LogP contribution >= 0.6 is 0 Å². The van der Waals surface area contributed by atoms with E-state index in [0.29, 0.717) is 6.54 Å². The van der Waals surface area contributed by atoms with Crippen LogP contribution < -0.4 is 11.1 Å². The quantitative estimate of drug-likeness (QED) is 0.731. The van der Waals surface area contributed by atoms with Crippen LogP contribution in [0.1, 0.15) is 41.0 Å². The molecule has 84 valence electrons. The third kappa shape index (κ3) is 5.07. The number of nitrogens with one attached hydrogen (secondary N) is 1. The smallest absolute Gasteiger partial charge is 0.408 e. The minimum atomic E-state index is -0.465. The molecule has 0 saturated heterocycles. The maximum Gasteiger partial charge on any atom is 0.408 e. The number of hydrogen-bond acceptors (Lipinski definition) is 3. The second-order valence-electron chi connectivity index (χ2n) is 4.75. The average Bonchev–Trinajstić information content (AvgIpc) is 2.00. The van der Waals surface area contributed by atoms with Crippen LogP contribution in [0.2, 0.25) is 0 Å². The van der Waals surface area contributed by atoms with Gasteiger partial charge in [0.25, 0.3) is 0 Å². The summed E-state index contributed by atoms with van der Waals surface area (Å²) in [5.41, 5.74) is 4.72. The minimum Gasteiger partial charge on any atom is -0.444 e. The topological polar surface area (TPSA) is 64.3 Å². The second kappa shape index (κ2) is 4.64. The zero-order valence-electron chi connectivity index (χ0n) is 9.81. The molecule has 0 aliphatic carbocycles. The van der Waals surface area contributed by atoms with Crippen molar-refractivity contribution in [2.24, 2.45) is 5.73 Å². The van der Waals surface area contributed by atoms with Gasteiger partial charge in [-0.15, -0.1) is 0 Å². The molecule has 0 aromatic heterocycles. The van der Waals surface area contributed by atoms with Gasteiger partial charge in [-0.25, -0.2) is 4.79 Å². The molecule has 1 unspecified atom stereocenters. The number of alkyl carbamates (subject to hydrolysis) is 1.